The van der Waals surface area contributed by atoms with Crippen molar-refractivity contribution in [1.82, 2.24) is 13.7 Å². The van der Waals surface area contributed by atoms with Crippen molar-refractivity contribution in [3.05, 3.63) is 31.5 Å². The molecule has 0 saturated heterocycles. The van der Waals surface area contributed by atoms with Crippen LogP contribution in [-0.4, -0.2) is 50.1 Å². The quantitative estimate of drug-likeness (QED) is 0.294. The van der Waals surface area contributed by atoms with Crippen LogP contribution in [0.25, 0.3) is 0 Å². The fraction of sp³-hybridized carbons (Fsp3) is 0.806. The SMILES string of the molecule is CCC(C1CCCCC1N=C=O)n1c(=O)n(C(C)C2CCCCC2N=C=O)c(=O)n(C(C)C2CCCCC2N=C=O)c1=O. The van der Waals surface area contributed by atoms with Gasteiger partial charge in [-0.3, -0.25) is 0 Å². The zero-order valence-electron chi connectivity index (χ0n) is 25.5. The van der Waals surface area contributed by atoms with E-state index in [-0.39, 0.29) is 35.9 Å². The molecule has 4 rings (SSSR count). The molecule has 0 radical (unpaired) electrons. The van der Waals surface area contributed by atoms with Crippen molar-refractivity contribution in [3.8, 4) is 0 Å². The highest BCUT2D eigenvalue weighted by atomic mass is 16.2. The Labute approximate surface area is 251 Å². The molecule has 3 aliphatic carbocycles. The molecule has 3 saturated carbocycles. The highest BCUT2D eigenvalue weighted by Crippen LogP contribution is 2.38. The molecule has 0 bridgehead atoms. The number of rotatable bonds is 10. The van der Waals surface area contributed by atoms with E-state index in [9.17, 15) is 28.8 Å². The zero-order valence-corrected chi connectivity index (χ0v) is 25.5. The lowest BCUT2D eigenvalue weighted by Crippen LogP contribution is -2.59. The first-order chi connectivity index (χ1) is 20.8. The lowest BCUT2D eigenvalue weighted by atomic mass is 9.79. The maximum atomic E-state index is 14.4. The van der Waals surface area contributed by atoms with Gasteiger partial charge in [-0.15, -0.1) is 0 Å². The van der Waals surface area contributed by atoms with E-state index in [1.165, 1.54) is 13.7 Å². The van der Waals surface area contributed by atoms with Gasteiger partial charge in [0, 0.05) is 35.9 Å². The molecule has 0 amide bonds. The van der Waals surface area contributed by atoms with Gasteiger partial charge in [0.1, 0.15) is 0 Å². The molecule has 12 nitrogen and oxygen atoms in total. The minimum Gasteiger partial charge on any atom is -0.247 e. The fourth-order valence-corrected chi connectivity index (χ4v) is 8.31. The molecule has 12 heteroatoms. The second kappa shape index (κ2) is 14.8. The molecule has 9 atom stereocenters. The van der Waals surface area contributed by atoms with E-state index < -0.39 is 35.2 Å². The van der Waals surface area contributed by atoms with Crippen LogP contribution < -0.4 is 17.1 Å². The summed E-state index contributed by atoms with van der Waals surface area (Å²) < 4.78 is 3.59. The first kappa shape index (κ1) is 32.5. The molecule has 1 aromatic rings. The standard InChI is InChI=1S/C31H44N6O6/c1-4-28(24-13-7-10-16-27(24)34-19-40)37-30(42)35(20(2)22-11-5-8-14-25(22)32-17-38)29(41)36(31(37)43)21(3)23-12-6-9-15-26(23)33-18-39/h20-28H,4-16H2,1-3H3. The van der Waals surface area contributed by atoms with E-state index in [1.54, 1.807) is 32.1 Å². The van der Waals surface area contributed by atoms with Gasteiger partial charge in [-0.05, 0) is 58.8 Å². The van der Waals surface area contributed by atoms with Crippen LogP contribution in [0.5, 0.6) is 0 Å². The average Bonchev–Trinajstić information content (AvgIpc) is 3.00. The maximum absolute atomic E-state index is 14.4. The van der Waals surface area contributed by atoms with Gasteiger partial charge in [0.15, 0.2) is 0 Å². The number of isocyanates is 3. The number of hydrogen-bond donors (Lipinski definition) is 0. The molecule has 43 heavy (non-hydrogen) atoms. The fourth-order valence-electron chi connectivity index (χ4n) is 8.31. The Kier molecular flexibility index (Phi) is 11.2. The van der Waals surface area contributed by atoms with Crippen LogP contribution in [-0.2, 0) is 14.4 Å². The molecular weight excluding hydrogens is 552 g/mol. The third-order valence-electron chi connectivity index (χ3n) is 10.5. The van der Waals surface area contributed by atoms with Crippen molar-refractivity contribution in [2.75, 3.05) is 0 Å². The van der Waals surface area contributed by atoms with Crippen LogP contribution in [0.4, 0.5) is 0 Å². The van der Waals surface area contributed by atoms with Gasteiger partial charge in [0.25, 0.3) is 0 Å². The Balaban J connectivity index is 1.96. The second-order valence-corrected chi connectivity index (χ2v) is 12.6. The number of aromatic nitrogens is 3. The predicted molar refractivity (Wildman–Crippen MR) is 160 cm³/mol. The van der Waals surface area contributed by atoms with Gasteiger partial charge in [0.05, 0.1) is 18.1 Å². The molecule has 1 heterocycles. The predicted octanol–water partition coefficient (Wildman–Crippen LogP) is 3.93. The third kappa shape index (κ3) is 6.57. The second-order valence-electron chi connectivity index (χ2n) is 12.6. The van der Waals surface area contributed by atoms with Crippen molar-refractivity contribution in [3.63, 3.8) is 0 Å². The minimum atomic E-state index is -0.703. The molecule has 1 aromatic heterocycles. The van der Waals surface area contributed by atoms with Crippen LogP contribution in [0.15, 0.2) is 29.4 Å². The molecule has 0 aliphatic heterocycles. The smallest absolute Gasteiger partial charge is 0.247 e. The Bertz CT molecular complexity index is 1380. The highest BCUT2D eigenvalue weighted by Gasteiger charge is 2.39. The van der Waals surface area contributed by atoms with Crippen molar-refractivity contribution in [1.29, 1.82) is 0 Å². The largest absolute Gasteiger partial charge is 0.336 e. The lowest BCUT2D eigenvalue weighted by Gasteiger charge is -2.38. The Morgan fingerprint density at radius 1 is 0.581 bits per heavy atom. The Morgan fingerprint density at radius 2 is 0.907 bits per heavy atom. The van der Waals surface area contributed by atoms with Crippen LogP contribution in [0.1, 0.15) is 122 Å². The van der Waals surface area contributed by atoms with Gasteiger partial charge in [0.2, 0.25) is 18.2 Å². The normalized spacial score (nSPS) is 29.7. The highest BCUT2D eigenvalue weighted by molar-refractivity contribution is 5.34. The molecule has 9 unspecified atom stereocenters. The molecule has 0 spiro atoms. The Morgan fingerprint density at radius 3 is 1.28 bits per heavy atom. The van der Waals surface area contributed by atoms with E-state index >= 15 is 0 Å². The summed E-state index contributed by atoms with van der Waals surface area (Å²) in [6.45, 7) is 5.47. The van der Waals surface area contributed by atoms with Crippen LogP contribution in [0, 0.1) is 17.8 Å². The van der Waals surface area contributed by atoms with Crippen LogP contribution in [0.2, 0.25) is 0 Å². The summed E-state index contributed by atoms with van der Waals surface area (Å²) in [6.07, 6.45) is 14.7. The lowest BCUT2D eigenvalue weighted by molar-refractivity contribution is 0.165. The van der Waals surface area contributed by atoms with Crippen LogP contribution >= 0.6 is 0 Å². The third-order valence-corrected chi connectivity index (χ3v) is 10.5. The summed E-state index contributed by atoms with van der Waals surface area (Å²) in [7, 11) is 0. The van der Waals surface area contributed by atoms with Crippen molar-refractivity contribution in [2.45, 2.75) is 140 Å². The maximum Gasteiger partial charge on any atom is 0.336 e. The summed E-state index contributed by atoms with van der Waals surface area (Å²) in [5, 5.41) is 0. The number of carbonyl (C=O) groups excluding carboxylic acids is 3. The molecule has 234 valence electrons. The molecule has 0 N–H and O–H groups in total. The average molecular weight is 597 g/mol. The van der Waals surface area contributed by atoms with E-state index in [4.69, 9.17) is 0 Å². The van der Waals surface area contributed by atoms with Crippen molar-refractivity contribution >= 4 is 18.2 Å². The zero-order chi connectivity index (χ0) is 31.1. The van der Waals surface area contributed by atoms with E-state index in [1.807, 2.05) is 6.92 Å². The summed E-state index contributed by atoms with van der Waals surface area (Å²) in [4.78, 5) is 89.1. The van der Waals surface area contributed by atoms with Gasteiger partial charge < -0.3 is 0 Å². The van der Waals surface area contributed by atoms with Gasteiger partial charge >= 0.3 is 17.1 Å². The van der Waals surface area contributed by atoms with E-state index in [0.717, 1.165) is 38.5 Å². The summed E-state index contributed by atoms with van der Waals surface area (Å²) in [5.41, 5.74) is -2.09. The molecular formula is C31H44N6O6. The van der Waals surface area contributed by atoms with Crippen molar-refractivity contribution < 1.29 is 14.4 Å². The summed E-state index contributed by atoms with van der Waals surface area (Å²) >= 11 is 0. The Hall–Kier alpha value is -3.45. The monoisotopic (exact) mass is 596 g/mol. The van der Waals surface area contributed by atoms with Gasteiger partial charge in [-0.25, -0.2) is 57.4 Å². The number of nitrogens with zero attached hydrogens (tertiary/aromatic N) is 6. The van der Waals surface area contributed by atoms with Gasteiger partial charge in [-0.2, -0.15) is 0 Å². The van der Waals surface area contributed by atoms with Gasteiger partial charge in [-0.1, -0.05) is 45.4 Å². The molecule has 3 fully saturated rings. The number of aliphatic imine (C=N–C) groups is 3. The van der Waals surface area contributed by atoms with Crippen molar-refractivity contribution in [2.24, 2.45) is 32.7 Å². The first-order valence-electron chi connectivity index (χ1n) is 16.0. The molecule has 3 aliphatic rings. The number of hydrogen-bond acceptors (Lipinski definition) is 9. The first-order valence-corrected chi connectivity index (χ1v) is 16.0. The minimum absolute atomic E-state index is 0.250. The van der Waals surface area contributed by atoms with Crippen LogP contribution in [0.3, 0.4) is 0 Å². The molecule has 0 aromatic carbocycles. The van der Waals surface area contributed by atoms with E-state index in [2.05, 4.69) is 15.0 Å². The summed E-state index contributed by atoms with van der Waals surface area (Å²) in [6, 6.07) is -3.01. The van der Waals surface area contributed by atoms with E-state index in [0.29, 0.717) is 44.9 Å². The topological polar surface area (TPSA) is 154 Å². The summed E-state index contributed by atoms with van der Waals surface area (Å²) in [5.74, 6) is -0.779.